The molecule has 0 saturated carbocycles. The maximum Gasteiger partial charge on any atom is 0.327 e. The van der Waals surface area contributed by atoms with E-state index < -0.39 is 17.9 Å². The van der Waals surface area contributed by atoms with E-state index in [4.69, 9.17) is 11.5 Å². The van der Waals surface area contributed by atoms with Gasteiger partial charge >= 0.3 is 5.97 Å². The van der Waals surface area contributed by atoms with Crippen LogP contribution in [0.25, 0.3) is 0 Å². The van der Waals surface area contributed by atoms with Gasteiger partial charge in [-0.2, -0.15) is 0 Å². The van der Waals surface area contributed by atoms with Crippen LogP contribution in [0.1, 0.15) is 27.9 Å². The molecule has 0 fully saturated rings. The van der Waals surface area contributed by atoms with E-state index in [1.807, 2.05) is 6.07 Å². The summed E-state index contributed by atoms with van der Waals surface area (Å²) in [5, 5.41) is 11.4. The average Bonchev–Trinajstić information content (AvgIpc) is 2.28. The molecule has 0 saturated heterocycles. The van der Waals surface area contributed by atoms with Crippen LogP contribution >= 0.6 is 0 Å². The topological polar surface area (TPSA) is 66.4 Å². The third-order valence-corrected chi connectivity index (χ3v) is 2.63. The molecule has 0 spiro atoms. The molecule has 0 aliphatic heterocycles. The second-order valence-corrected chi connectivity index (χ2v) is 4.04. The zero-order valence-electron chi connectivity index (χ0n) is 10.4. The minimum atomic E-state index is -1.13. The molecule has 4 nitrogen and oxygen atoms in total. The number of amides is 1. The Bertz CT molecular complexity index is 494. The van der Waals surface area contributed by atoms with Crippen LogP contribution in [-0.4, -0.2) is 23.0 Å². The number of hydrogen-bond donors (Lipinski definition) is 2. The minimum absolute atomic E-state index is 0.0357. The standard InChI is InChI=1S/C14H15NO3/c1-4-6-11(14(17)18)15-13(16)12-9(2)7-5-8-10(12)3/h1,5,7-8,11H,6H2,2-3H3,(H,15,16)(H,17,18). The monoisotopic (exact) mass is 245 g/mol. The first-order valence-corrected chi connectivity index (χ1v) is 5.50. The van der Waals surface area contributed by atoms with Crippen molar-refractivity contribution in [2.24, 2.45) is 0 Å². The normalized spacial score (nSPS) is 11.4. The summed E-state index contributed by atoms with van der Waals surface area (Å²) in [6.45, 7) is 3.61. The summed E-state index contributed by atoms with van der Waals surface area (Å²) in [5.74, 6) is 0.699. The van der Waals surface area contributed by atoms with Gasteiger partial charge in [-0.25, -0.2) is 4.79 Å². The number of rotatable bonds is 4. The largest absolute Gasteiger partial charge is 0.480 e. The third-order valence-electron chi connectivity index (χ3n) is 2.63. The van der Waals surface area contributed by atoms with Gasteiger partial charge < -0.3 is 10.4 Å². The van der Waals surface area contributed by atoms with E-state index >= 15 is 0 Å². The molecule has 1 aromatic carbocycles. The number of aryl methyl sites for hydroxylation is 2. The highest BCUT2D eigenvalue weighted by atomic mass is 16.4. The number of terminal acetylenes is 1. The number of nitrogens with one attached hydrogen (secondary N) is 1. The second-order valence-electron chi connectivity index (χ2n) is 4.04. The highest BCUT2D eigenvalue weighted by Gasteiger charge is 2.21. The van der Waals surface area contributed by atoms with Crippen molar-refractivity contribution in [3.8, 4) is 12.3 Å². The van der Waals surface area contributed by atoms with Crippen molar-refractivity contribution in [3.05, 3.63) is 34.9 Å². The summed E-state index contributed by atoms with van der Waals surface area (Å²) in [7, 11) is 0. The van der Waals surface area contributed by atoms with E-state index in [0.717, 1.165) is 11.1 Å². The summed E-state index contributed by atoms with van der Waals surface area (Å²) >= 11 is 0. The fraction of sp³-hybridized carbons (Fsp3) is 0.286. The summed E-state index contributed by atoms with van der Waals surface area (Å²) in [4.78, 5) is 22.9. The molecule has 1 aromatic rings. The lowest BCUT2D eigenvalue weighted by Crippen LogP contribution is -2.41. The van der Waals surface area contributed by atoms with Crippen LogP contribution < -0.4 is 5.32 Å². The van der Waals surface area contributed by atoms with Crippen LogP contribution in [0, 0.1) is 26.2 Å². The lowest BCUT2D eigenvalue weighted by molar-refractivity contribution is -0.139. The fourth-order valence-corrected chi connectivity index (χ4v) is 1.72. The molecular weight excluding hydrogens is 230 g/mol. The first kappa shape index (κ1) is 13.8. The van der Waals surface area contributed by atoms with Crippen molar-refractivity contribution >= 4 is 11.9 Å². The van der Waals surface area contributed by atoms with Crippen LogP contribution in [0.4, 0.5) is 0 Å². The second kappa shape index (κ2) is 5.87. The molecule has 0 heterocycles. The summed E-state index contributed by atoms with van der Waals surface area (Å²) in [5.41, 5.74) is 2.11. The third kappa shape index (κ3) is 3.11. The summed E-state index contributed by atoms with van der Waals surface area (Å²) in [6, 6.07) is 4.40. The Morgan fingerprint density at radius 2 is 1.94 bits per heavy atom. The van der Waals surface area contributed by atoms with Crippen LogP contribution in [0.2, 0.25) is 0 Å². The first-order chi connectivity index (χ1) is 8.47. The molecule has 1 rings (SSSR count). The molecule has 1 atom stereocenters. The van der Waals surface area contributed by atoms with Gasteiger partial charge in [0.05, 0.1) is 0 Å². The Kier molecular flexibility index (Phi) is 4.50. The molecule has 4 heteroatoms. The summed E-state index contributed by atoms with van der Waals surface area (Å²) in [6.07, 6.45) is 5.04. The van der Waals surface area contributed by atoms with Crippen LogP contribution in [-0.2, 0) is 4.79 Å². The van der Waals surface area contributed by atoms with Gasteiger partial charge in [0.2, 0.25) is 0 Å². The van der Waals surface area contributed by atoms with Crippen molar-refractivity contribution < 1.29 is 14.7 Å². The maximum atomic E-state index is 12.0. The van der Waals surface area contributed by atoms with E-state index in [-0.39, 0.29) is 6.42 Å². The van der Waals surface area contributed by atoms with Gasteiger partial charge in [0, 0.05) is 12.0 Å². The Balaban J connectivity index is 2.95. The molecule has 1 amide bonds. The van der Waals surface area contributed by atoms with Crippen LogP contribution in [0.3, 0.4) is 0 Å². The number of hydrogen-bond acceptors (Lipinski definition) is 2. The van der Waals surface area contributed by atoms with Crippen molar-refractivity contribution in [2.45, 2.75) is 26.3 Å². The van der Waals surface area contributed by atoms with E-state index in [2.05, 4.69) is 11.2 Å². The maximum absolute atomic E-state index is 12.0. The highest BCUT2D eigenvalue weighted by molar-refractivity contribution is 5.99. The van der Waals surface area contributed by atoms with E-state index in [0.29, 0.717) is 5.56 Å². The number of carboxylic acids is 1. The van der Waals surface area contributed by atoms with Gasteiger partial charge in [-0.3, -0.25) is 4.79 Å². The number of benzene rings is 1. The molecule has 0 bridgehead atoms. The quantitative estimate of drug-likeness (QED) is 0.790. The van der Waals surface area contributed by atoms with Crippen LogP contribution in [0.5, 0.6) is 0 Å². The number of carboxylic acid groups (broad SMARTS) is 1. The first-order valence-electron chi connectivity index (χ1n) is 5.50. The van der Waals surface area contributed by atoms with E-state index in [9.17, 15) is 9.59 Å². The van der Waals surface area contributed by atoms with Gasteiger partial charge in [-0.05, 0) is 25.0 Å². The van der Waals surface area contributed by atoms with Gasteiger partial charge in [0.1, 0.15) is 6.04 Å². The van der Waals surface area contributed by atoms with E-state index in [1.165, 1.54) is 0 Å². The smallest absolute Gasteiger partial charge is 0.327 e. The lowest BCUT2D eigenvalue weighted by Gasteiger charge is -2.14. The fourth-order valence-electron chi connectivity index (χ4n) is 1.72. The van der Waals surface area contributed by atoms with Gasteiger partial charge in [0.25, 0.3) is 5.91 Å². The van der Waals surface area contributed by atoms with Gasteiger partial charge in [-0.1, -0.05) is 18.2 Å². The predicted molar refractivity (Wildman–Crippen MR) is 68.3 cm³/mol. The Hall–Kier alpha value is -2.28. The zero-order valence-corrected chi connectivity index (χ0v) is 10.4. The van der Waals surface area contributed by atoms with Crippen molar-refractivity contribution in [1.82, 2.24) is 5.32 Å². The van der Waals surface area contributed by atoms with Crippen molar-refractivity contribution in [2.75, 3.05) is 0 Å². The predicted octanol–water partition coefficient (Wildman–Crippen LogP) is 1.51. The van der Waals surface area contributed by atoms with Crippen molar-refractivity contribution in [1.29, 1.82) is 0 Å². The van der Waals surface area contributed by atoms with Crippen LogP contribution in [0.15, 0.2) is 18.2 Å². The molecule has 94 valence electrons. The molecule has 0 aliphatic rings. The molecule has 1 unspecified atom stereocenters. The SMILES string of the molecule is C#CCC(NC(=O)c1c(C)cccc1C)C(=O)O. The molecule has 0 radical (unpaired) electrons. The van der Waals surface area contributed by atoms with Gasteiger partial charge in [0.15, 0.2) is 0 Å². The molecule has 0 aliphatic carbocycles. The minimum Gasteiger partial charge on any atom is -0.480 e. The zero-order chi connectivity index (χ0) is 13.7. The Morgan fingerprint density at radius 3 is 2.39 bits per heavy atom. The lowest BCUT2D eigenvalue weighted by atomic mass is 10.0. The number of aliphatic carboxylic acids is 1. The number of carbonyl (C=O) groups excluding carboxylic acids is 1. The molecular formula is C14H15NO3. The van der Waals surface area contributed by atoms with E-state index in [1.54, 1.807) is 26.0 Å². The van der Waals surface area contributed by atoms with Crippen molar-refractivity contribution in [3.63, 3.8) is 0 Å². The summed E-state index contributed by atoms with van der Waals surface area (Å²) < 4.78 is 0. The number of carbonyl (C=O) groups is 2. The molecule has 18 heavy (non-hydrogen) atoms. The highest BCUT2D eigenvalue weighted by Crippen LogP contribution is 2.13. The Morgan fingerprint density at radius 1 is 1.39 bits per heavy atom. The average molecular weight is 245 g/mol. The van der Waals surface area contributed by atoms with Gasteiger partial charge in [-0.15, -0.1) is 12.3 Å². The molecule has 2 N–H and O–H groups in total. The Labute approximate surface area is 106 Å². The molecule has 0 aromatic heterocycles.